The number of aromatic carboxylic acids is 1. The number of benzene rings is 2. The van der Waals surface area contributed by atoms with Crippen LogP contribution >= 0.6 is 0 Å². The average molecular weight is 362 g/mol. The van der Waals surface area contributed by atoms with Crippen molar-refractivity contribution in [3.8, 4) is 0 Å². The number of para-hydroxylation sites is 1. The highest BCUT2D eigenvalue weighted by Crippen LogP contribution is 2.21. The van der Waals surface area contributed by atoms with Gasteiger partial charge >= 0.3 is 5.97 Å². The van der Waals surface area contributed by atoms with Crippen LogP contribution in [0.4, 0.5) is 17.3 Å². The highest BCUT2D eigenvalue weighted by Gasteiger charge is 2.10. The maximum atomic E-state index is 11.4. The Balaban J connectivity index is 1.63. The number of anilines is 3. The first-order chi connectivity index (χ1) is 13.1. The number of aromatic nitrogens is 2. The molecule has 0 bridgehead atoms. The van der Waals surface area contributed by atoms with E-state index in [1.807, 2.05) is 25.1 Å². The minimum absolute atomic E-state index is 0.200. The number of nitrogens with zero attached hydrogens (tertiary/aromatic N) is 2. The van der Waals surface area contributed by atoms with Gasteiger partial charge in [-0.25, -0.2) is 14.8 Å². The highest BCUT2D eigenvalue weighted by atomic mass is 16.4. The fourth-order valence-corrected chi connectivity index (χ4v) is 2.79. The Morgan fingerprint density at radius 1 is 1.00 bits per heavy atom. The van der Waals surface area contributed by atoms with Crippen LogP contribution in [0.2, 0.25) is 0 Å². The van der Waals surface area contributed by atoms with E-state index in [2.05, 4.69) is 32.7 Å². The molecule has 0 aliphatic rings. The zero-order valence-electron chi connectivity index (χ0n) is 15.1. The van der Waals surface area contributed by atoms with Gasteiger partial charge in [-0.3, -0.25) is 0 Å². The number of nitrogens with one attached hydrogen (secondary N) is 2. The minimum atomic E-state index is -0.983. The Labute approximate surface area is 158 Å². The molecule has 0 spiro atoms. The standard InChI is InChI=1S/C21H22N4O2/c1-15-23-19(22-13-7-10-16-8-3-2-4-9-16)14-20(24-15)25-18-12-6-5-11-17(18)21(26)27/h2-6,8-9,11-12,14H,7,10,13H2,1H3,(H,26,27)(H2,22,23,24,25). The molecule has 3 N–H and O–H groups in total. The summed E-state index contributed by atoms with van der Waals surface area (Å²) in [5.74, 6) is 0.897. The molecule has 0 amide bonds. The number of hydrogen-bond donors (Lipinski definition) is 3. The molecule has 138 valence electrons. The fourth-order valence-electron chi connectivity index (χ4n) is 2.79. The second kappa shape index (κ2) is 8.80. The van der Waals surface area contributed by atoms with Gasteiger partial charge in [0.25, 0.3) is 0 Å². The van der Waals surface area contributed by atoms with Gasteiger partial charge in [-0.05, 0) is 37.5 Å². The molecule has 0 saturated carbocycles. The molecule has 0 fully saturated rings. The molecule has 0 atom stereocenters. The second-order valence-electron chi connectivity index (χ2n) is 6.18. The summed E-state index contributed by atoms with van der Waals surface area (Å²) in [4.78, 5) is 20.1. The Morgan fingerprint density at radius 3 is 2.48 bits per heavy atom. The van der Waals surface area contributed by atoms with E-state index in [-0.39, 0.29) is 5.56 Å². The molecule has 2 aromatic carbocycles. The molecule has 0 aliphatic carbocycles. The quantitative estimate of drug-likeness (QED) is 0.519. The predicted molar refractivity (Wildman–Crippen MR) is 107 cm³/mol. The van der Waals surface area contributed by atoms with Crippen LogP contribution in [-0.2, 0) is 6.42 Å². The lowest BCUT2D eigenvalue weighted by molar-refractivity contribution is 0.0698. The van der Waals surface area contributed by atoms with Crippen molar-refractivity contribution in [1.82, 2.24) is 9.97 Å². The third-order valence-corrected chi connectivity index (χ3v) is 4.05. The number of carboxylic acids is 1. The summed E-state index contributed by atoms with van der Waals surface area (Å²) in [5.41, 5.74) is 2.01. The van der Waals surface area contributed by atoms with Gasteiger partial charge in [0.1, 0.15) is 17.5 Å². The van der Waals surface area contributed by atoms with Crippen LogP contribution in [0, 0.1) is 6.92 Å². The summed E-state index contributed by atoms with van der Waals surface area (Å²) in [6, 6.07) is 18.9. The lowest BCUT2D eigenvalue weighted by Gasteiger charge is -2.12. The number of carbonyl (C=O) groups is 1. The number of rotatable bonds is 8. The molecule has 0 unspecified atom stereocenters. The lowest BCUT2D eigenvalue weighted by Crippen LogP contribution is -2.08. The topological polar surface area (TPSA) is 87.1 Å². The summed E-state index contributed by atoms with van der Waals surface area (Å²) in [7, 11) is 0. The number of aryl methyl sites for hydroxylation is 2. The van der Waals surface area contributed by atoms with E-state index < -0.39 is 5.97 Å². The molecular formula is C21H22N4O2. The van der Waals surface area contributed by atoms with E-state index in [1.165, 1.54) is 5.56 Å². The van der Waals surface area contributed by atoms with Crippen molar-refractivity contribution < 1.29 is 9.90 Å². The normalized spacial score (nSPS) is 10.4. The Bertz CT molecular complexity index is 913. The van der Waals surface area contributed by atoms with Gasteiger partial charge in [0.05, 0.1) is 11.3 Å². The molecule has 0 radical (unpaired) electrons. The average Bonchev–Trinajstić information content (AvgIpc) is 2.66. The van der Waals surface area contributed by atoms with Crippen LogP contribution in [-0.4, -0.2) is 27.6 Å². The molecule has 0 aliphatic heterocycles. The van der Waals surface area contributed by atoms with Gasteiger partial charge in [0.15, 0.2) is 0 Å². The molecule has 3 rings (SSSR count). The van der Waals surface area contributed by atoms with Gasteiger partial charge in [0, 0.05) is 12.6 Å². The van der Waals surface area contributed by atoms with E-state index in [9.17, 15) is 9.90 Å². The molecule has 27 heavy (non-hydrogen) atoms. The van der Waals surface area contributed by atoms with E-state index >= 15 is 0 Å². The molecule has 6 nitrogen and oxygen atoms in total. The second-order valence-corrected chi connectivity index (χ2v) is 6.18. The van der Waals surface area contributed by atoms with Crippen molar-refractivity contribution in [1.29, 1.82) is 0 Å². The van der Waals surface area contributed by atoms with Crippen molar-refractivity contribution in [3.05, 3.63) is 77.6 Å². The van der Waals surface area contributed by atoms with Crippen LogP contribution in [0.3, 0.4) is 0 Å². The van der Waals surface area contributed by atoms with Crippen LogP contribution in [0.15, 0.2) is 60.7 Å². The van der Waals surface area contributed by atoms with E-state index in [4.69, 9.17) is 0 Å². The van der Waals surface area contributed by atoms with Gasteiger partial charge < -0.3 is 15.7 Å². The maximum absolute atomic E-state index is 11.4. The van der Waals surface area contributed by atoms with Crippen molar-refractivity contribution in [2.45, 2.75) is 19.8 Å². The van der Waals surface area contributed by atoms with Gasteiger partial charge in [-0.2, -0.15) is 0 Å². The summed E-state index contributed by atoms with van der Waals surface area (Å²) in [6.45, 7) is 2.60. The predicted octanol–water partition coefficient (Wildman–Crippen LogP) is 4.27. The summed E-state index contributed by atoms with van der Waals surface area (Å²) in [6.07, 6.45) is 1.98. The Morgan fingerprint density at radius 2 is 1.70 bits per heavy atom. The molecular weight excluding hydrogens is 340 g/mol. The van der Waals surface area contributed by atoms with Gasteiger partial charge in [0.2, 0.25) is 0 Å². The SMILES string of the molecule is Cc1nc(NCCCc2ccccc2)cc(Nc2ccccc2C(=O)O)n1. The van der Waals surface area contributed by atoms with E-state index in [0.717, 1.165) is 19.4 Å². The lowest BCUT2D eigenvalue weighted by atomic mass is 10.1. The molecule has 1 aromatic heterocycles. The largest absolute Gasteiger partial charge is 0.478 e. The fraction of sp³-hybridized carbons (Fsp3) is 0.190. The summed E-state index contributed by atoms with van der Waals surface area (Å²) >= 11 is 0. The first-order valence-electron chi connectivity index (χ1n) is 8.84. The van der Waals surface area contributed by atoms with Gasteiger partial charge in [-0.15, -0.1) is 0 Å². The molecule has 1 heterocycles. The zero-order chi connectivity index (χ0) is 19.1. The van der Waals surface area contributed by atoms with Gasteiger partial charge in [-0.1, -0.05) is 42.5 Å². The highest BCUT2D eigenvalue weighted by molar-refractivity contribution is 5.95. The van der Waals surface area contributed by atoms with Crippen molar-refractivity contribution in [2.24, 2.45) is 0 Å². The number of hydrogen-bond acceptors (Lipinski definition) is 5. The third kappa shape index (κ3) is 5.28. The van der Waals surface area contributed by atoms with Crippen LogP contribution < -0.4 is 10.6 Å². The Kier molecular flexibility index (Phi) is 5.99. The number of carboxylic acid groups (broad SMARTS) is 1. The molecule has 3 aromatic rings. The van der Waals surface area contributed by atoms with Crippen molar-refractivity contribution >= 4 is 23.3 Å². The zero-order valence-corrected chi connectivity index (χ0v) is 15.1. The molecule has 6 heteroatoms. The van der Waals surface area contributed by atoms with Crippen LogP contribution in [0.5, 0.6) is 0 Å². The smallest absolute Gasteiger partial charge is 0.337 e. The van der Waals surface area contributed by atoms with E-state index in [1.54, 1.807) is 30.3 Å². The molecule has 0 saturated heterocycles. The third-order valence-electron chi connectivity index (χ3n) is 4.05. The summed E-state index contributed by atoms with van der Waals surface area (Å²) < 4.78 is 0. The van der Waals surface area contributed by atoms with Crippen LogP contribution in [0.25, 0.3) is 0 Å². The first-order valence-corrected chi connectivity index (χ1v) is 8.84. The first kappa shape index (κ1) is 18.4. The summed E-state index contributed by atoms with van der Waals surface area (Å²) in [5, 5.41) is 15.7. The van der Waals surface area contributed by atoms with Crippen molar-refractivity contribution in [3.63, 3.8) is 0 Å². The Hall–Kier alpha value is -3.41. The van der Waals surface area contributed by atoms with Crippen LogP contribution in [0.1, 0.15) is 28.2 Å². The monoisotopic (exact) mass is 362 g/mol. The minimum Gasteiger partial charge on any atom is -0.478 e. The maximum Gasteiger partial charge on any atom is 0.337 e. The van der Waals surface area contributed by atoms with E-state index in [0.29, 0.717) is 23.1 Å². The van der Waals surface area contributed by atoms with Crippen molar-refractivity contribution in [2.75, 3.05) is 17.2 Å².